The topological polar surface area (TPSA) is 19.0 Å². The molecular weight excluding hydrogens is 436 g/mol. The Hall–Kier alpha value is -1.52. The second-order valence-corrected chi connectivity index (χ2v) is 9.38. The molecule has 3 aliphatic rings. The quantitative estimate of drug-likeness (QED) is 0.620. The predicted molar refractivity (Wildman–Crippen MR) is 109 cm³/mol. The van der Waals surface area contributed by atoms with Gasteiger partial charge in [0.2, 0.25) is 6.04 Å². The van der Waals surface area contributed by atoms with Crippen molar-refractivity contribution in [2.45, 2.75) is 44.7 Å². The van der Waals surface area contributed by atoms with Gasteiger partial charge >= 0.3 is 12.4 Å². The molecule has 0 unspecified atom stereocenters. The molecule has 0 saturated carbocycles. The Morgan fingerprint density at radius 1 is 0.938 bits per heavy atom. The number of nitrogens with zero attached hydrogens (tertiary/aromatic N) is 3. The van der Waals surface area contributed by atoms with Gasteiger partial charge in [-0.15, -0.1) is 0 Å². The van der Waals surface area contributed by atoms with Crippen molar-refractivity contribution in [2.75, 3.05) is 57.4 Å². The van der Waals surface area contributed by atoms with Crippen molar-refractivity contribution in [3.05, 3.63) is 29.3 Å². The van der Waals surface area contributed by atoms with E-state index in [1.807, 2.05) is 0 Å². The van der Waals surface area contributed by atoms with E-state index in [1.54, 1.807) is 0 Å². The van der Waals surface area contributed by atoms with Crippen LogP contribution in [0.15, 0.2) is 18.2 Å². The molecule has 180 valence electrons. The van der Waals surface area contributed by atoms with E-state index in [0.717, 1.165) is 32.8 Å². The lowest BCUT2D eigenvalue weighted by atomic mass is 9.71. The fraction of sp³-hybridized carbons (Fsp3) is 0.727. The zero-order valence-corrected chi connectivity index (χ0v) is 18.1. The summed E-state index contributed by atoms with van der Waals surface area (Å²) < 4.78 is 83.1. The van der Waals surface area contributed by atoms with Gasteiger partial charge in [0.1, 0.15) is 0 Å². The summed E-state index contributed by atoms with van der Waals surface area (Å²) in [4.78, 5) is 5.09. The number of morpholine rings is 1. The molecule has 1 spiro atoms. The van der Waals surface area contributed by atoms with Crippen LogP contribution in [0.5, 0.6) is 0 Å². The van der Waals surface area contributed by atoms with E-state index in [9.17, 15) is 26.3 Å². The molecule has 3 heterocycles. The largest absolute Gasteiger partial charge is 0.412 e. The first-order chi connectivity index (χ1) is 15.0. The van der Waals surface area contributed by atoms with Crippen molar-refractivity contribution >= 4 is 5.69 Å². The summed E-state index contributed by atoms with van der Waals surface area (Å²) in [7, 11) is 0. The number of alkyl halides is 6. The van der Waals surface area contributed by atoms with E-state index in [4.69, 9.17) is 4.74 Å². The van der Waals surface area contributed by atoms with Crippen LogP contribution in [-0.2, 0) is 11.3 Å². The van der Waals surface area contributed by atoms with Crippen molar-refractivity contribution in [3.63, 3.8) is 0 Å². The second-order valence-electron chi connectivity index (χ2n) is 9.38. The number of ether oxygens (including phenoxy) is 1. The zero-order valence-electron chi connectivity index (χ0n) is 18.1. The maximum absolute atomic E-state index is 13.0. The number of hydrogen-bond donors (Lipinski definition) is 0. The Balaban J connectivity index is 1.30. The fourth-order valence-corrected chi connectivity index (χ4v) is 5.22. The summed E-state index contributed by atoms with van der Waals surface area (Å²) >= 11 is 0. The first-order valence-electron chi connectivity index (χ1n) is 11.0. The third-order valence-electron chi connectivity index (χ3n) is 7.08. The molecule has 10 heteroatoms. The number of aryl methyl sites for hydroxylation is 1. The number of hydrogen-bond acceptors (Lipinski definition) is 4. The normalized spacial score (nSPS) is 23.1. The second kappa shape index (κ2) is 8.68. The minimum absolute atomic E-state index is 0.141. The van der Waals surface area contributed by atoms with Crippen LogP contribution in [-0.4, -0.2) is 80.7 Å². The fourth-order valence-electron chi connectivity index (χ4n) is 5.22. The van der Waals surface area contributed by atoms with Gasteiger partial charge in [-0.2, -0.15) is 26.3 Å². The molecule has 0 N–H and O–H groups in total. The Bertz CT molecular complexity index is 776. The molecule has 1 aromatic rings. The summed E-state index contributed by atoms with van der Waals surface area (Å²) in [5, 5.41) is 0. The average molecular weight is 465 g/mol. The van der Waals surface area contributed by atoms with Gasteiger partial charge in [-0.05, 0) is 61.5 Å². The number of piperidine rings is 1. The highest BCUT2D eigenvalue weighted by Gasteiger charge is 2.64. The van der Waals surface area contributed by atoms with Crippen LogP contribution < -0.4 is 4.90 Å². The third kappa shape index (κ3) is 5.02. The minimum Gasteiger partial charge on any atom is -0.378 e. The van der Waals surface area contributed by atoms with Crippen LogP contribution in [0.2, 0.25) is 0 Å². The van der Waals surface area contributed by atoms with Crippen LogP contribution in [0, 0.1) is 12.3 Å². The van der Waals surface area contributed by atoms with Crippen LogP contribution in [0.4, 0.5) is 32.0 Å². The molecule has 3 fully saturated rings. The summed E-state index contributed by atoms with van der Waals surface area (Å²) in [5.41, 5.74) is 3.12. The molecule has 3 saturated heterocycles. The standard InChI is InChI=1S/C22H29F6N3O/c1-16-12-18(30-8-10-32-11-9-30)3-2-17(16)13-29-6-4-20(5-7-29)14-31(15-20)19(21(23,24)25)22(26,27)28/h2-3,12,19H,4-11,13-15H2,1H3. The van der Waals surface area contributed by atoms with Crippen LogP contribution >= 0.6 is 0 Å². The van der Waals surface area contributed by atoms with Gasteiger partial charge in [0.25, 0.3) is 0 Å². The number of benzene rings is 1. The van der Waals surface area contributed by atoms with Gasteiger partial charge in [0, 0.05) is 38.4 Å². The van der Waals surface area contributed by atoms with Crippen molar-refractivity contribution in [1.82, 2.24) is 9.80 Å². The molecule has 3 aliphatic heterocycles. The molecule has 0 aromatic heterocycles. The first kappa shape index (κ1) is 23.6. The van der Waals surface area contributed by atoms with Gasteiger partial charge in [-0.1, -0.05) is 6.07 Å². The molecule has 4 rings (SSSR count). The summed E-state index contributed by atoms with van der Waals surface area (Å²) in [6, 6.07) is 3.04. The molecule has 0 aliphatic carbocycles. The smallest absolute Gasteiger partial charge is 0.378 e. The van der Waals surface area contributed by atoms with E-state index >= 15 is 0 Å². The Morgan fingerprint density at radius 3 is 2.06 bits per heavy atom. The number of anilines is 1. The SMILES string of the molecule is Cc1cc(N2CCOCC2)ccc1CN1CCC2(CC1)CN(C(C(F)(F)F)C(F)(F)F)C2. The van der Waals surface area contributed by atoms with Gasteiger partial charge in [0.15, 0.2) is 0 Å². The number of likely N-dealkylation sites (tertiary alicyclic amines) is 2. The van der Waals surface area contributed by atoms with E-state index in [2.05, 4.69) is 34.9 Å². The lowest BCUT2D eigenvalue weighted by Gasteiger charge is -2.56. The van der Waals surface area contributed by atoms with Crippen molar-refractivity contribution < 1.29 is 31.1 Å². The molecule has 0 amide bonds. The highest BCUT2D eigenvalue weighted by molar-refractivity contribution is 5.51. The molecule has 32 heavy (non-hydrogen) atoms. The first-order valence-corrected chi connectivity index (χ1v) is 11.0. The average Bonchev–Trinajstić information content (AvgIpc) is 2.68. The molecule has 0 radical (unpaired) electrons. The van der Waals surface area contributed by atoms with E-state index < -0.39 is 23.8 Å². The number of halogens is 6. The van der Waals surface area contributed by atoms with E-state index in [1.165, 1.54) is 16.8 Å². The van der Waals surface area contributed by atoms with Gasteiger partial charge < -0.3 is 9.64 Å². The van der Waals surface area contributed by atoms with Crippen molar-refractivity contribution in [1.29, 1.82) is 0 Å². The Kier molecular flexibility index (Phi) is 6.41. The highest BCUT2D eigenvalue weighted by atomic mass is 19.4. The third-order valence-corrected chi connectivity index (χ3v) is 7.08. The molecule has 4 nitrogen and oxygen atoms in total. The molecule has 0 bridgehead atoms. The zero-order chi connectivity index (χ0) is 23.1. The van der Waals surface area contributed by atoms with Gasteiger partial charge in [0.05, 0.1) is 13.2 Å². The summed E-state index contributed by atoms with van der Waals surface area (Å²) in [5.74, 6) is 0. The van der Waals surface area contributed by atoms with E-state index in [0.29, 0.717) is 30.8 Å². The summed E-state index contributed by atoms with van der Waals surface area (Å²) in [6.07, 6.45) is -9.36. The predicted octanol–water partition coefficient (Wildman–Crippen LogP) is 4.22. The number of rotatable bonds is 4. The molecular formula is C22H29F6N3O. The van der Waals surface area contributed by atoms with Crippen LogP contribution in [0.25, 0.3) is 0 Å². The Labute approximate surface area is 184 Å². The lowest BCUT2D eigenvalue weighted by molar-refractivity contribution is -0.307. The summed E-state index contributed by atoms with van der Waals surface area (Å²) in [6.45, 7) is 7.08. The highest BCUT2D eigenvalue weighted by Crippen LogP contribution is 2.47. The van der Waals surface area contributed by atoms with E-state index in [-0.39, 0.29) is 13.1 Å². The maximum atomic E-state index is 13.0. The maximum Gasteiger partial charge on any atom is 0.412 e. The van der Waals surface area contributed by atoms with Gasteiger partial charge in [-0.25, -0.2) is 0 Å². The molecule has 1 aromatic carbocycles. The van der Waals surface area contributed by atoms with Gasteiger partial charge in [-0.3, -0.25) is 9.80 Å². The van der Waals surface area contributed by atoms with Crippen LogP contribution in [0.1, 0.15) is 24.0 Å². The Morgan fingerprint density at radius 2 is 1.53 bits per heavy atom. The van der Waals surface area contributed by atoms with Crippen molar-refractivity contribution in [2.24, 2.45) is 5.41 Å². The monoisotopic (exact) mass is 465 g/mol. The lowest BCUT2D eigenvalue weighted by Crippen LogP contribution is -2.68. The van der Waals surface area contributed by atoms with Crippen LogP contribution in [0.3, 0.4) is 0 Å². The molecule has 0 atom stereocenters. The minimum atomic E-state index is -5.30. The van der Waals surface area contributed by atoms with Crippen molar-refractivity contribution in [3.8, 4) is 0 Å².